The summed E-state index contributed by atoms with van der Waals surface area (Å²) in [6, 6.07) is 3.13. The van der Waals surface area contributed by atoms with Crippen LogP contribution in [0.15, 0.2) is 12.1 Å². The Morgan fingerprint density at radius 3 is 2.53 bits per heavy atom. The monoisotopic (exact) mass is 279 g/mol. The molecule has 0 amide bonds. The number of hydrogen-bond acceptors (Lipinski definition) is 3. The summed E-state index contributed by atoms with van der Waals surface area (Å²) in [4.78, 5) is 4.00. The lowest BCUT2D eigenvalue weighted by Crippen LogP contribution is -2.60. The van der Waals surface area contributed by atoms with Crippen LogP contribution < -0.4 is 9.47 Å². The molecule has 1 fully saturated rings. The number of rotatable bonds is 4. The van der Waals surface area contributed by atoms with Gasteiger partial charge < -0.3 is 9.47 Å². The highest BCUT2D eigenvalue weighted by Crippen LogP contribution is 2.55. The summed E-state index contributed by atoms with van der Waals surface area (Å²) in [6.07, 6.45) is -0.873. The van der Waals surface area contributed by atoms with Gasteiger partial charge in [-0.2, -0.15) is 17.6 Å². The highest BCUT2D eigenvalue weighted by Gasteiger charge is 2.71. The minimum absolute atomic E-state index is 0.148. The van der Waals surface area contributed by atoms with Crippen molar-refractivity contribution in [1.29, 1.82) is 0 Å². The van der Waals surface area contributed by atoms with E-state index in [9.17, 15) is 17.6 Å². The average Bonchev–Trinajstić information content (AvgIpc) is 2.35. The number of methoxy groups -OCH3 is 1. The smallest absolute Gasteiger partial charge is 0.316 e. The van der Waals surface area contributed by atoms with Crippen molar-refractivity contribution >= 4 is 0 Å². The first kappa shape index (κ1) is 13.9. The van der Waals surface area contributed by atoms with E-state index in [1.165, 1.54) is 13.2 Å². The van der Waals surface area contributed by atoms with Gasteiger partial charge in [0.05, 0.1) is 19.6 Å². The summed E-state index contributed by atoms with van der Waals surface area (Å²) in [5, 5.41) is 0. The molecule has 1 aliphatic carbocycles. The maximum atomic E-state index is 13.1. The van der Waals surface area contributed by atoms with E-state index in [1.54, 1.807) is 13.0 Å². The normalized spacial score (nSPS) is 23.6. The first-order valence-corrected chi connectivity index (χ1v) is 5.68. The largest absolute Gasteiger partial charge is 0.487 e. The first-order chi connectivity index (χ1) is 8.78. The van der Waals surface area contributed by atoms with E-state index in [-0.39, 0.29) is 11.6 Å². The van der Waals surface area contributed by atoms with Gasteiger partial charge >= 0.3 is 11.8 Å². The van der Waals surface area contributed by atoms with E-state index in [0.29, 0.717) is 5.69 Å². The van der Waals surface area contributed by atoms with Gasteiger partial charge in [-0.15, -0.1) is 0 Å². The van der Waals surface area contributed by atoms with Crippen LogP contribution in [0.5, 0.6) is 11.6 Å². The summed E-state index contributed by atoms with van der Waals surface area (Å²) >= 11 is 0. The molecule has 0 radical (unpaired) electrons. The molecule has 2 rings (SSSR count). The Morgan fingerprint density at radius 1 is 1.32 bits per heavy atom. The summed E-state index contributed by atoms with van der Waals surface area (Å²) < 4.78 is 61.4. The van der Waals surface area contributed by atoms with Crippen LogP contribution in [-0.2, 0) is 0 Å². The van der Waals surface area contributed by atoms with Gasteiger partial charge in [-0.1, -0.05) is 0 Å². The lowest BCUT2D eigenvalue weighted by molar-refractivity contribution is -0.317. The number of aryl methyl sites for hydroxylation is 1. The molecule has 0 aliphatic heterocycles. The SMILES string of the molecule is COc1nc(C)ccc1OCC1CC(F)(F)C1(F)F. The molecule has 1 aliphatic rings. The second kappa shape index (κ2) is 4.54. The zero-order valence-corrected chi connectivity index (χ0v) is 10.4. The predicted octanol–water partition coefficient (Wildman–Crippen LogP) is 3.07. The third kappa shape index (κ3) is 2.33. The lowest BCUT2D eigenvalue weighted by Gasteiger charge is -2.43. The van der Waals surface area contributed by atoms with Gasteiger partial charge in [0.1, 0.15) is 0 Å². The Morgan fingerprint density at radius 2 is 2.00 bits per heavy atom. The van der Waals surface area contributed by atoms with E-state index in [4.69, 9.17) is 9.47 Å². The number of halogens is 4. The number of pyridine rings is 1. The number of alkyl halides is 4. The second-order valence-electron chi connectivity index (χ2n) is 4.50. The fraction of sp³-hybridized carbons (Fsp3) is 0.583. The molecule has 106 valence electrons. The van der Waals surface area contributed by atoms with Crippen LogP contribution >= 0.6 is 0 Å². The second-order valence-corrected chi connectivity index (χ2v) is 4.50. The predicted molar refractivity (Wildman–Crippen MR) is 59.0 cm³/mol. The van der Waals surface area contributed by atoms with Crippen molar-refractivity contribution in [2.45, 2.75) is 25.2 Å². The van der Waals surface area contributed by atoms with E-state index in [0.717, 1.165) is 0 Å². The van der Waals surface area contributed by atoms with E-state index in [1.807, 2.05) is 0 Å². The van der Waals surface area contributed by atoms with Crippen molar-refractivity contribution in [3.8, 4) is 11.6 Å². The van der Waals surface area contributed by atoms with Crippen LogP contribution in [0, 0.1) is 12.8 Å². The zero-order chi connectivity index (χ0) is 14.3. The number of nitrogens with zero attached hydrogens (tertiary/aromatic N) is 1. The minimum Gasteiger partial charge on any atom is -0.487 e. The lowest BCUT2D eigenvalue weighted by atomic mass is 9.77. The zero-order valence-electron chi connectivity index (χ0n) is 10.4. The first-order valence-electron chi connectivity index (χ1n) is 5.68. The van der Waals surface area contributed by atoms with Crippen molar-refractivity contribution in [3.63, 3.8) is 0 Å². The van der Waals surface area contributed by atoms with E-state index >= 15 is 0 Å². The van der Waals surface area contributed by atoms with Crippen molar-refractivity contribution in [1.82, 2.24) is 4.98 Å². The molecule has 1 aromatic rings. The molecule has 0 N–H and O–H groups in total. The van der Waals surface area contributed by atoms with Crippen molar-refractivity contribution in [3.05, 3.63) is 17.8 Å². The molecule has 7 heteroatoms. The standard InChI is InChI=1S/C12H13F4NO2/c1-7-3-4-9(10(17-7)18-2)19-6-8-5-11(13,14)12(8,15)16/h3-4,8H,5-6H2,1-2H3. The maximum Gasteiger partial charge on any atom is 0.316 e. The van der Waals surface area contributed by atoms with Gasteiger partial charge in [0.25, 0.3) is 5.88 Å². The fourth-order valence-corrected chi connectivity index (χ4v) is 1.87. The maximum absolute atomic E-state index is 13.1. The Hall–Kier alpha value is -1.53. The van der Waals surface area contributed by atoms with Gasteiger partial charge in [0, 0.05) is 12.1 Å². The number of ether oxygens (including phenoxy) is 2. The molecular weight excluding hydrogens is 266 g/mol. The molecule has 0 spiro atoms. The van der Waals surface area contributed by atoms with Gasteiger partial charge in [-0.05, 0) is 19.1 Å². The summed E-state index contributed by atoms with van der Waals surface area (Å²) in [5.41, 5.74) is 0.671. The minimum atomic E-state index is -4.02. The van der Waals surface area contributed by atoms with Crippen LogP contribution in [0.2, 0.25) is 0 Å². The van der Waals surface area contributed by atoms with Crippen LogP contribution in [0.4, 0.5) is 17.6 Å². The Kier molecular flexibility index (Phi) is 3.32. The molecule has 0 saturated heterocycles. The summed E-state index contributed by atoms with van der Waals surface area (Å²) in [5.74, 6) is -9.13. The highest BCUT2D eigenvalue weighted by molar-refractivity contribution is 5.34. The van der Waals surface area contributed by atoms with Crippen LogP contribution in [0.1, 0.15) is 12.1 Å². The van der Waals surface area contributed by atoms with Crippen LogP contribution in [0.3, 0.4) is 0 Å². The van der Waals surface area contributed by atoms with Crippen LogP contribution in [0.25, 0.3) is 0 Å². The van der Waals surface area contributed by atoms with Crippen molar-refractivity contribution in [2.24, 2.45) is 5.92 Å². The van der Waals surface area contributed by atoms with Gasteiger partial charge in [-0.3, -0.25) is 0 Å². The Labute approximate surface area is 107 Å². The third-order valence-corrected chi connectivity index (χ3v) is 3.10. The topological polar surface area (TPSA) is 31.4 Å². The molecular formula is C12H13F4NO2. The van der Waals surface area contributed by atoms with E-state index in [2.05, 4.69) is 4.98 Å². The Balaban J connectivity index is 2.01. The molecule has 0 bridgehead atoms. The van der Waals surface area contributed by atoms with Crippen molar-refractivity contribution < 1.29 is 27.0 Å². The highest BCUT2D eigenvalue weighted by atomic mass is 19.3. The fourth-order valence-electron chi connectivity index (χ4n) is 1.87. The molecule has 1 aromatic heterocycles. The molecule has 1 saturated carbocycles. The molecule has 0 aromatic carbocycles. The van der Waals surface area contributed by atoms with Crippen molar-refractivity contribution in [2.75, 3.05) is 13.7 Å². The Bertz CT molecular complexity index is 479. The molecule has 19 heavy (non-hydrogen) atoms. The molecule has 1 atom stereocenters. The number of aromatic nitrogens is 1. The summed E-state index contributed by atoms with van der Waals surface area (Å²) in [6.45, 7) is 1.23. The van der Waals surface area contributed by atoms with Gasteiger partial charge in [0.15, 0.2) is 5.75 Å². The quantitative estimate of drug-likeness (QED) is 0.794. The molecule has 3 nitrogen and oxygen atoms in total. The number of hydrogen-bond donors (Lipinski definition) is 0. The summed E-state index contributed by atoms with van der Waals surface area (Å²) in [7, 11) is 1.36. The molecule has 1 unspecified atom stereocenters. The molecule has 1 heterocycles. The van der Waals surface area contributed by atoms with Gasteiger partial charge in [-0.25, -0.2) is 4.98 Å². The average molecular weight is 279 g/mol. The van der Waals surface area contributed by atoms with Crippen LogP contribution in [-0.4, -0.2) is 30.5 Å². The van der Waals surface area contributed by atoms with E-state index < -0.39 is 30.8 Å². The van der Waals surface area contributed by atoms with Gasteiger partial charge in [0.2, 0.25) is 0 Å². The third-order valence-electron chi connectivity index (χ3n) is 3.10.